The van der Waals surface area contributed by atoms with Crippen molar-refractivity contribution in [3.05, 3.63) is 78.2 Å². The number of likely N-dealkylation sites (tertiary alicyclic amines) is 1. The van der Waals surface area contributed by atoms with Crippen molar-refractivity contribution in [2.45, 2.75) is 19.0 Å². The Morgan fingerprint density at radius 1 is 1.03 bits per heavy atom. The fourth-order valence-corrected chi connectivity index (χ4v) is 3.90. The van der Waals surface area contributed by atoms with Crippen LogP contribution in [-0.2, 0) is 6.18 Å². The fourth-order valence-electron chi connectivity index (χ4n) is 3.90. The number of halogens is 3. The molecule has 5 nitrogen and oxygen atoms in total. The standard InChI is InChI=1S/C24H23F3N4O/c25-24(26,27)21-6-2-1-5-20(21)18-7-8-22(30-16-18)29-14-17-9-12-31(13-10-17)23(32)19-4-3-11-28-15-19/h1-8,11,15-17H,9-10,12-14H2,(H,29,30). The van der Waals surface area contributed by atoms with Crippen molar-refractivity contribution < 1.29 is 18.0 Å². The summed E-state index contributed by atoms with van der Waals surface area (Å²) < 4.78 is 39.8. The molecule has 1 amide bonds. The molecule has 0 spiro atoms. The normalized spacial score (nSPS) is 14.9. The second kappa shape index (κ2) is 9.38. The van der Waals surface area contributed by atoms with Crippen LogP contribution < -0.4 is 5.32 Å². The molecule has 1 aliphatic rings. The summed E-state index contributed by atoms with van der Waals surface area (Å²) >= 11 is 0. The number of carbonyl (C=O) groups is 1. The quantitative estimate of drug-likeness (QED) is 0.598. The molecule has 8 heteroatoms. The van der Waals surface area contributed by atoms with Crippen LogP contribution in [0.1, 0.15) is 28.8 Å². The Balaban J connectivity index is 1.31. The Morgan fingerprint density at radius 2 is 1.81 bits per heavy atom. The van der Waals surface area contributed by atoms with Gasteiger partial charge in [-0.05, 0) is 54.7 Å². The number of hydrogen-bond acceptors (Lipinski definition) is 4. The van der Waals surface area contributed by atoms with E-state index in [0.29, 0.717) is 42.5 Å². The first-order valence-electron chi connectivity index (χ1n) is 10.5. The minimum atomic E-state index is -4.42. The van der Waals surface area contributed by atoms with Gasteiger partial charge in [-0.25, -0.2) is 4.98 Å². The molecular formula is C24H23F3N4O. The van der Waals surface area contributed by atoms with Gasteiger partial charge in [-0.1, -0.05) is 18.2 Å². The summed E-state index contributed by atoms with van der Waals surface area (Å²) in [4.78, 5) is 22.7. The van der Waals surface area contributed by atoms with Crippen LogP contribution in [0.3, 0.4) is 0 Å². The zero-order valence-electron chi connectivity index (χ0n) is 17.3. The van der Waals surface area contributed by atoms with E-state index in [1.807, 2.05) is 4.90 Å². The van der Waals surface area contributed by atoms with Crippen molar-refractivity contribution in [2.24, 2.45) is 5.92 Å². The molecule has 32 heavy (non-hydrogen) atoms. The number of piperidine rings is 1. The van der Waals surface area contributed by atoms with Gasteiger partial charge in [0.2, 0.25) is 0 Å². The summed E-state index contributed by atoms with van der Waals surface area (Å²) in [6.07, 6.45) is 2.01. The van der Waals surface area contributed by atoms with Crippen LogP contribution in [0.5, 0.6) is 0 Å². The van der Waals surface area contributed by atoms with Gasteiger partial charge in [-0.15, -0.1) is 0 Å². The number of nitrogens with one attached hydrogen (secondary N) is 1. The van der Waals surface area contributed by atoms with Gasteiger partial charge >= 0.3 is 6.18 Å². The molecule has 4 rings (SSSR count). The van der Waals surface area contributed by atoms with Gasteiger partial charge < -0.3 is 10.2 Å². The lowest BCUT2D eigenvalue weighted by molar-refractivity contribution is -0.137. The second-order valence-electron chi connectivity index (χ2n) is 7.83. The van der Waals surface area contributed by atoms with Crippen molar-refractivity contribution in [3.63, 3.8) is 0 Å². The summed E-state index contributed by atoms with van der Waals surface area (Å²) in [5, 5.41) is 3.27. The molecule has 3 heterocycles. The molecule has 0 saturated carbocycles. The van der Waals surface area contributed by atoms with Crippen molar-refractivity contribution in [1.29, 1.82) is 0 Å². The highest BCUT2D eigenvalue weighted by atomic mass is 19.4. The number of carbonyl (C=O) groups excluding carboxylic acids is 1. The van der Waals surface area contributed by atoms with E-state index in [1.54, 1.807) is 42.7 Å². The van der Waals surface area contributed by atoms with Gasteiger partial charge in [0.25, 0.3) is 5.91 Å². The number of anilines is 1. The van der Waals surface area contributed by atoms with Crippen LogP contribution >= 0.6 is 0 Å². The molecule has 1 aromatic carbocycles. The Labute approximate surface area is 184 Å². The molecule has 1 saturated heterocycles. The number of rotatable bonds is 5. The number of pyridine rings is 2. The monoisotopic (exact) mass is 440 g/mol. The number of amides is 1. The predicted molar refractivity (Wildman–Crippen MR) is 116 cm³/mol. The number of nitrogens with zero attached hydrogens (tertiary/aromatic N) is 3. The Bertz CT molecular complexity index is 1050. The van der Waals surface area contributed by atoms with Gasteiger partial charge in [0.15, 0.2) is 0 Å². The van der Waals surface area contributed by atoms with E-state index in [1.165, 1.54) is 18.3 Å². The Kier molecular flexibility index (Phi) is 6.39. The van der Waals surface area contributed by atoms with Crippen LogP contribution in [0.25, 0.3) is 11.1 Å². The van der Waals surface area contributed by atoms with Gasteiger partial charge in [0.1, 0.15) is 5.82 Å². The molecular weight excluding hydrogens is 417 g/mol. The maximum absolute atomic E-state index is 13.3. The molecule has 3 aromatic rings. The van der Waals surface area contributed by atoms with E-state index in [4.69, 9.17) is 0 Å². The molecule has 0 bridgehead atoms. The topological polar surface area (TPSA) is 58.1 Å². The van der Waals surface area contributed by atoms with Gasteiger partial charge in [0.05, 0.1) is 11.1 Å². The van der Waals surface area contributed by atoms with E-state index >= 15 is 0 Å². The Morgan fingerprint density at radius 3 is 2.47 bits per heavy atom. The summed E-state index contributed by atoms with van der Waals surface area (Å²) in [7, 11) is 0. The third kappa shape index (κ3) is 5.07. The molecule has 0 aliphatic carbocycles. The zero-order chi connectivity index (χ0) is 22.6. The first-order chi connectivity index (χ1) is 15.4. The van der Waals surface area contributed by atoms with Gasteiger partial charge in [-0.3, -0.25) is 9.78 Å². The predicted octanol–water partition coefficient (Wildman–Crippen LogP) is 5.13. The maximum atomic E-state index is 13.3. The van der Waals surface area contributed by atoms with E-state index in [-0.39, 0.29) is 11.5 Å². The molecule has 1 aliphatic heterocycles. The summed E-state index contributed by atoms with van der Waals surface area (Å²) in [5.41, 5.74) is 0.464. The van der Waals surface area contributed by atoms with E-state index in [2.05, 4.69) is 15.3 Å². The first-order valence-corrected chi connectivity index (χ1v) is 10.5. The lowest BCUT2D eigenvalue weighted by Gasteiger charge is -2.32. The summed E-state index contributed by atoms with van der Waals surface area (Å²) in [6.45, 7) is 2.06. The highest BCUT2D eigenvalue weighted by Gasteiger charge is 2.33. The van der Waals surface area contributed by atoms with Gasteiger partial charge in [0, 0.05) is 43.8 Å². The molecule has 1 N–H and O–H groups in total. The van der Waals surface area contributed by atoms with Crippen molar-refractivity contribution in [3.8, 4) is 11.1 Å². The van der Waals surface area contributed by atoms with Crippen molar-refractivity contribution in [2.75, 3.05) is 25.0 Å². The summed E-state index contributed by atoms with van der Waals surface area (Å²) in [6, 6.07) is 12.4. The van der Waals surface area contributed by atoms with Crippen LogP contribution in [-0.4, -0.2) is 40.4 Å². The smallest absolute Gasteiger partial charge is 0.370 e. The summed E-state index contributed by atoms with van der Waals surface area (Å²) in [5.74, 6) is 1.01. The van der Waals surface area contributed by atoms with Crippen molar-refractivity contribution >= 4 is 11.7 Å². The first kappa shape index (κ1) is 21.8. The largest absolute Gasteiger partial charge is 0.417 e. The SMILES string of the molecule is O=C(c1cccnc1)N1CCC(CNc2ccc(-c3ccccc3C(F)(F)F)cn2)CC1. The zero-order valence-corrected chi connectivity index (χ0v) is 17.3. The van der Waals surface area contributed by atoms with E-state index in [0.717, 1.165) is 18.9 Å². The minimum absolute atomic E-state index is 0.000836. The van der Waals surface area contributed by atoms with Crippen LogP contribution in [0, 0.1) is 5.92 Å². The average molecular weight is 440 g/mol. The fraction of sp³-hybridized carbons (Fsp3) is 0.292. The van der Waals surface area contributed by atoms with Gasteiger partial charge in [-0.2, -0.15) is 13.2 Å². The molecule has 0 radical (unpaired) electrons. The molecule has 0 atom stereocenters. The number of aromatic nitrogens is 2. The second-order valence-corrected chi connectivity index (χ2v) is 7.83. The molecule has 166 valence electrons. The third-order valence-corrected chi connectivity index (χ3v) is 5.69. The van der Waals surface area contributed by atoms with E-state index < -0.39 is 11.7 Å². The Hall–Kier alpha value is -3.42. The number of alkyl halides is 3. The lowest BCUT2D eigenvalue weighted by atomic mass is 9.96. The maximum Gasteiger partial charge on any atom is 0.417 e. The number of hydrogen-bond donors (Lipinski definition) is 1. The highest BCUT2D eigenvalue weighted by molar-refractivity contribution is 5.93. The third-order valence-electron chi connectivity index (χ3n) is 5.69. The van der Waals surface area contributed by atoms with E-state index in [9.17, 15) is 18.0 Å². The molecule has 0 unspecified atom stereocenters. The lowest BCUT2D eigenvalue weighted by Crippen LogP contribution is -2.40. The number of benzene rings is 1. The highest BCUT2D eigenvalue weighted by Crippen LogP contribution is 2.36. The van der Waals surface area contributed by atoms with Crippen LogP contribution in [0.15, 0.2) is 67.1 Å². The molecule has 2 aromatic heterocycles. The average Bonchev–Trinajstić information content (AvgIpc) is 2.83. The molecule has 1 fully saturated rings. The van der Waals surface area contributed by atoms with Crippen molar-refractivity contribution in [1.82, 2.24) is 14.9 Å². The van der Waals surface area contributed by atoms with Crippen LogP contribution in [0.4, 0.5) is 19.0 Å². The minimum Gasteiger partial charge on any atom is -0.370 e. The van der Waals surface area contributed by atoms with Crippen LogP contribution in [0.2, 0.25) is 0 Å².